The first-order valence-corrected chi connectivity index (χ1v) is 9.94. The Morgan fingerprint density at radius 1 is 0.967 bits per heavy atom. The summed E-state index contributed by atoms with van der Waals surface area (Å²) in [7, 11) is 1.59. The molecule has 0 aliphatic rings. The fourth-order valence-electron chi connectivity index (χ4n) is 2.82. The summed E-state index contributed by atoms with van der Waals surface area (Å²) in [4.78, 5) is 12.2. The molecule has 5 heteroatoms. The number of anilines is 1. The molecule has 3 aromatic carbocycles. The Bertz CT molecular complexity index is 1060. The summed E-state index contributed by atoms with van der Waals surface area (Å²) in [5.41, 5.74) is 4.94. The van der Waals surface area contributed by atoms with Gasteiger partial charge in [-0.2, -0.15) is 0 Å². The third-order valence-electron chi connectivity index (χ3n) is 4.70. The predicted octanol–water partition coefficient (Wildman–Crippen LogP) is 6.20. The van der Waals surface area contributed by atoms with Gasteiger partial charge in [0.1, 0.15) is 6.61 Å². The number of methoxy groups -OCH3 is 1. The maximum absolute atomic E-state index is 12.2. The van der Waals surface area contributed by atoms with E-state index >= 15 is 0 Å². The number of halogens is 1. The second-order valence-corrected chi connectivity index (χ2v) is 7.38. The molecule has 3 aromatic rings. The molecular formula is C25H24ClNO3. The lowest BCUT2D eigenvalue weighted by Crippen LogP contribution is -2.07. The number of benzene rings is 3. The van der Waals surface area contributed by atoms with Gasteiger partial charge >= 0.3 is 0 Å². The van der Waals surface area contributed by atoms with Crippen molar-refractivity contribution < 1.29 is 14.3 Å². The van der Waals surface area contributed by atoms with E-state index in [2.05, 4.69) is 5.32 Å². The number of carbonyl (C=O) groups is 1. The summed E-state index contributed by atoms with van der Waals surface area (Å²) in [6.07, 6.45) is 3.24. The molecular weight excluding hydrogens is 398 g/mol. The molecule has 30 heavy (non-hydrogen) atoms. The zero-order chi connectivity index (χ0) is 21.5. The molecule has 0 atom stereocenters. The predicted molar refractivity (Wildman–Crippen MR) is 122 cm³/mol. The molecule has 0 fully saturated rings. The number of hydrogen-bond donors (Lipinski definition) is 1. The lowest BCUT2D eigenvalue weighted by Gasteiger charge is -2.11. The molecule has 0 radical (unpaired) electrons. The Labute approximate surface area is 182 Å². The molecule has 3 rings (SSSR count). The molecule has 1 amide bonds. The zero-order valence-electron chi connectivity index (χ0n) is 17.2. The van der Waals surface area contributed by atoms with E-state index in [9.17, 15) is 4.79 Å². The Morgan fingerprint density at radius 3 is 2.43 bits per heavy atom. The van der Waals surface area contributed by atoms with Gasteiger partial charge in [0.15, 0.2) is 11.5 Å². The van der Waals surface area contributed by atoms with Gasteiger partial charge in [0, 0.05) is 16.8 Å². The van der Waals surface area contributed by atoms with Crippen molar-refractivity contribution in [3.8, 4) is 11.5 Å². The summed E-state index contributed by atoms with van der Waals surface area (Å²) >= 11 is 5.91. The SMILES string of the molecule is COc1cc(/C=C/C(=O)Nc2ccc(C)c(C)c2)ccc1OCc1ccc(Cl)cc1. The Morgan fingerprint density at radius 2 is 1.73 bits per heavy atom. The topological polar surface area (TPSA) is 47.6 Å². The smallest absolute Gasteiger partial charge is 0.248 e. The summed E-state index contributed by atoms with van der Waals surface area (Å²) < 4.78 is 11.3. The average Bonchev–Trinajstić information content (AvgIpc) is 2.74. The first-order valence-electron chi connectivity index (χ1n) is 9.56. The quantitative estimate of drug-likeness (QED) is 0.462. The van der Waals surface area contributed by atoms with Crippen molar-refractivity contribution in [2.24, 2.45) is 0 Å². The number of carbonyl (C=O) groups excluding carboxylic acids is 1. The number of rotatable bonds is 7. The molecule has 0 aromatic heterocycles. The Hall–Kier alpha value is -3.24. The van der Waals surface area contributed by atoms with Crippen molar-refractivity contribution in [2.75, 3.05) is 12.4 Å². The van der Waals surface area contributed by atoms with E-state index in [0.717, 1.165) is 22.4 Å². The molecule has 0 saturated heterocycles. The second kappa shape index (κ2) is 9.99. The monoisotopic (exact) mass is 421 g/mol. The van der Waals surface area contributed by atoms with Gasteiger partial charge in [0.2, 0.25) is 5.91 Å². The van der Waals surface area contributed by atoms with Crippen LogP contribution in [0, 0.1) is 13.8 Å². The van der Waals surface area contributed by atoms with Gasteiger partial charge in [-0.25, -0.2) is 0 Å². The highest BCUT2D eigenvalue weighted by Gasteiger charge is 2.06. The van der Waals surface area contributed by atoms with Gasteiger partial charge in [-0.3, -0.25) is 4.79 Å². The second-order valence-electron chi connectivity index (χ2n) is 6.95. The lowest BCUT2D eigenvalue weighted by molar-refractivity contribution is -0.111. The largest absolute Gasteiger partial charge is 0.493 e. The van der Waals surface area contributed by atoms with Crippen molar-refractivity contribution in [2.45, 2.75) is 20.5 Å². The number of nitrogens with one attached hydrogen (secondary N) is 1. The maximum Gasteiger partial charge on any atom is 0.248 e. The first kappa shape index (κ1) is 21.5. The van der Waals surface area contributed by atoms with Gasteiger partial charge in [0.25, 0.3) is 0 Å². The van der Waals surface area contributed by atoms with Crippen LogP contribution in [0.4, 0.5) is 5.69 Å². The van der Waals surface area contributed by atoms with E-state index in [1.54, 1.807) is 13.2 Å². The molecule has 4 nitrogen and oxygen atoms in total. The maximum atomic E-state index is 12.2. The van der Waals surface area contributed by atoms with E-state index in [0.29, 0.717) is 23.1 Å². The van der Waals surface area contributed by atoms with Crippen LogP contribution in [-0.2, 0) is 11.4 Å². The van der Waals surface area contributed by atoms with Crippen molar-refractivity contribution in [1.82, 2.24) is 0 Å². The van der Waals surface area contributed by atoms with Crippen molar-refractivity contribution in [3.63, 3.8) is 0 Å². The van der Waals surface area contributed by atoms with Gasteiger partial charge in [-0.1, -0.05) is 35.9 Å². The standard InChI is InChI=1S/C25H24ClNO3/c1-17-4-11-22(14-18(17)2)27-25(28)13-8-19-7-12-23(24(15-19)29-3)30-16-20-5-9-21(26)10-6-20/h4-15H,16H2,1-3H3,(H,27,28)/b13-8+. The third-order valence-corrected chi connectivity index (χ3v) is 4.95. The molecule has 0 bridgehead atoms. The zero-order valence-corrected chi connectivity index (χ0v) is 18.0. The molecule has 0 aliphatic carbocycles. The van der Waals surface area contributed by atoms with E-state index in [4.69, 9.17) is 21.1 Å². The van der Waals surface area contributed by atoms with Gasteiger partial charge in [-0.15, -0.1) is 0 Å². The Kier molecular flexibility index (Phi) is 7.15. The molecule has 0 spiro atoms. The van der Waals surface area contributed by atoms with Crippen molar-refractivity contribution in [1.29, 1.82) is 0 Å². The van der Waals surface area contributed by atoms with Crippen LogP contribution < -0.4 is 14.8 Å². The van der Waals surface area contributed by atoms with Crippen molar-refractivity contribution >= 4 is 29.3 Å². The summed E-state index contributed by atoms with van der Waals surface area (Å²) in [5.74, 6) is 1.03. The van der Waals surface area contributed by atoms with Crippen LogP contribution in [0.15, 0.2) is 66.7 Å². The average molecular weight is 422 g/mol. The molecule has 0 aliphatic heterocycles. The fraction of sp³-hybridized carbons (Fsp3) is 0.160. The number of ether oxygens (including phenoxy) is 2. The highest BCUT2D eigenvalue weighted by atomic mass is 35.5. The van der Waals surface area contributed by atoms with Crippen molar-refractivity contribution in [3.05, 3.63) is 94.0 Å². The lowest BCUT2D eigenvalue weighted by atomic mass is 10.1. The van der Waals surface area contributed by atoms with Crippen LogP contribution in [-0.4, -0.2) is 13.0 Å². The van der Waals surface area contributed by atoms with E-state index < -0.39 is 0 Å². The fourth-order valence-corrected chi connectivity index (χ4v) is 2.95. The third kappa shape index (κ3) is 5.88. The molecule has 154 valence electrons. The van der Waals surface area contributed by atoms with Crippen LogP contribution in [0.25, 0.3) is 6.08 Å². The summed E-state index contributed by atoms with van der Waals surface area (Å²) in [6, 6.07) is 18.9. The van der Waals surface area contributed by atoms with Crippen LogP contribution >= 0.6 is 11.6 Å². The minimum absolute atomic E-state index is 0.194. The molecule has 0 unspecified atom stereocenters. The number of hydrogen-bond acceptors (Lipinski definition) is 3. The van der Waals surface area contributed by atoms with Crippen LogP contribution in [0.3, 0.4) is 0 Å². The van der Waals surface area contributed by atoms with E-state index in [-0.39, 0.29) is 5.91 Å². The number of amides is 1. The van der Waals surface area contributed by atoms with Gasteiger partial charge in [0.05, 0.1) is 7.11 Å². The highest BCUT2D eigenvalue weighted by molar-refractivity contribution is 6.30. The van der Waals surface area contributed by atoms with Crippen LogP contribution in [0.5, 0.6) is 11.5 Å². The van der Waals surface area contributed by atoms with Crippen LogP contribution in [0.1, 0.15) is 22.3 Å². The van der Waals surface area contributed by atoms with E-state index in [1.165, 1.54) is 11.6 Å². The summed E-state index contributed by atoms with van der Waals surface area (Å²) in [6.45, 7) is 4.46. The minimum Gasteiger partial charge on any atom is -0.493 e. The molecule has 0 heterocycles. The normalized spacial score (nSPS) is 10.8. The molecule has 0 saturated carbocycles. The van der Waals surface area contributed by atoms with Crippen LogP contribution in [0.2, 0.25) is 5.02 Å². The Balaban J connectivity index is 1.63. The minimum atomic E-state index is -0.194. The van der Waals surface area contributed by atoms with Gasteiger partial charge in [-0.05, 0) is 78.6 Å². The summed E-state index contributed by atoms with van der Waals surface area (Å²) in [5, 5.41) is 3.56. The van der Waals surface area contributed by atoms with Gasteiger partial charge < -0.3 is 14.8 Å². The highest BCUT2D eigenvalue weighted by Crippen LogP contribution is 2.29. The first-order chi connectivity index (χ1) is 14.4. The number of aryl methyl sites for hydroxylation is 2. The molecule has 1 N–H and O–H groups in total. The van der Waals surface area contributed by atoms with E-state index in [1.807, 2.05) is 74.5 Å².